The number of hydrogen-bond acceptors (Lipinski definition) is 5. The van der Waals surface area contributed by atoms with Gasteiger partial charge in [0.25, 0.3) is 0 Å². The van der Waals surface area contributed by atoms with Crippen LogP contribution in [0.2, 0.25) is 0 Å². The normalized spacial score (nSPS) is 20.7. The Kier molecular flexibility index (Phi) is 4.50. The zero-order chi connectivity index (χ0) is 13.1. The lowest BCUT2D eigenvalue weighted by Gasteiger charge is -2.23. The SMILES string of the molecule is Sc1cc(B2OCCCO2)ccc1B1OCCCO1. The first-order valence-corrected chi connectivity index (χ1v) is 7.08. The van der Waals surface area contributed by atoms with Crippen molar-refractivity contribution in [2.24, 2.45) is 0 Å². The van der Waals surface area contributed by atoms with Crippen LogP contribution in [0.15, 0.2) is 23.1 Å². The van der Waals surface area contributed by atoms with Crippen molar-refractivity contribution in [3.8, 4) is 0 Å². The van der Waals surface area contributed by atoms with Gasteiger partial charge < -0.3 is 18.6 Å². The molecule has 2 fully saturated rings. The molecule has 0 amide bonds. The van der Waals surface area contributed by atoms with Crippen LogP contribution in [0.3, 0.4) is 0 Å². The fourth-order valence-electron chi connectivity index (χ4n) is 2.25. The Balaban J connectivity index is 1.76. The summed E-state index contributed by atoms with van der Waals surface area (Å²) in [5.41, 5.74) is 1.95. The van der Waals surface area contributed by atoms with Gasteiger partial charge in [0.2, 0.25) is 0 Å². The summed E-state index contributed by atoms with van der Waals surface area (Å²) < 4.78 is 22.4. The lowest BCUT2D eigenvalue weighted by atomic mass is 9.73. The highest BCUT2D eigenvalue weighted by Gasteiger charge is 2.29. The lowest BCUT2D eigenvalue weighted by Crippen LogP contribution is -2.45. The molecule has 2 aliphatic heterocycles. The third kappa shape index (κ3) is 3.17. The van der Waals surface area contributed by atoms with Gasteiger partial charge in [0.15, 0.2) is 0 Å². The molecule has 0 unspecified atom stereocenters. The molecule has 2 heterocycles. The fraction of sp³-hybridized carbons (Fsp3) is 0.500. The summed E-state index contributed by atoms with van der Waals surface area (Å²) in [6.07, 6.45) is 1.90. The number of rotatable bonds is 2. The van der Waals surface area contributed by atoms with Crippen LogP contribution >= 0.6 is 12.6 Å². The summed E-state index contributed by atoms with van der Waals surface area (Å²) in [6, 6.07) is 5.94. The second kappa shape index (κ2) is 6.33. The highest BCUT2D eigenvalue weighted by atomic mass is 32.1. The molecule has 100 valence electrons. The molecular weight excluding hydrogens is 262 g/mol. The summed E-state index contributed by atoms with van der Waals surface area (Å²) in [7, 11) is -0.578. The Morgan fingerprint density at radius 2 is 1.42 bits per heavy atom. The Bertz CT molecular complexity index is 434. The summed E-state index contributed by atoms with van der Waals surface area (Å²) >= 11 is 4.53. The second-order valence-corrected chi connectivity index (χ2v) is 5.15. The summed E-state index contributed by atoms with van der Waals surface area (Å²) in [4.78, 5) is 0.849. The predicted molar refractivity (Wildman–Crippen MR) is 77.5 cm³/mol. The van der Waals surface area contributed by atoms with Gasteiger partial charge in [-0.1, -0.05) is 12.1 Å². The Morgan fingerprint density at radius 1 is 0.842 bits per heavy atom. The number of hydrogen-bond donors (Lipinski definition) is 1. The minimum atomic E-state index is -0.302. The van der Waals surface area contributed by atoms with Gasteiger partial charge in [-0.25, -0.2) is 0 Å². The third-order valence-corrected chi connectivity index (χ3v) is 3.62. The molecule has 1 aromatic rings. The van der Waals surface area contributed by atoms with Gasteiger partial charge in [0.05, 0.1) is 0 Å². The van der Waals surface area contributed by atoms with E-state index in [1.165, 1.54) is 0 Å². The molecule has 0 aromatic heterocycles. The van der Waals surface area contributed by atoms with E-state index in [0.29, 0.717) is 0 Å². The first-order chi connectivity index (χ1) is 9.34. The monoisotopic (exact) mass is 278 g/mol. The molecule has 7 heteroatoms. The quantitative estimate of drug-likeness (QED) is 0.621. The van der Waals surface area contributed by atoms with E-state index >= 15 is 0 Å². The minimum Gasteiger partial charge on any atom is -0.407 e. The van der Waals surface area contributed by atoms with Crippen molar-refractivity contribution in [3.63, 3.8) is 0 Å². The molecule has 0 N–H and O–H groups in total. The van der Waals surface area contributed by atoms with Crippen molar-refractivity contribution in [2.75, 3.05) is 26.4 Å². The summed E-state index contributed by atoms with van der Waals surface area (Å²) in [5.74, 6) is 0. The van der Waals surface area contributed by atoms with E-state index in [4.69, 9.17) is 18.6 Å². The van der Waals surface area contributed by atoms with E-state index in [1.807, 2.05) is 18.2 Å². The van der Waals surface area contributed by atoms with Crippen molar-refractivity contribution < 1.29 is 18.6 Å². The van der Waals surface area contributed by atoms with Gasteiger partial charge in [-0.3, -0.25) is 0 Å². The Morgan fingerprint density at radius 3 is 2.00 bits per heavy atom. The van der Waals surface area contributed by atoms with Gasteiger partial charge in [-0.2, -0.15) is 0 Å². The van der Waals surface area contributed by atoms with Crippen LogP contribution in [0.5, 0.6) is 0 Å². The molecule has 3 rings (SSSR count). The van der Waals surface area contributed by atoms with Crippen LogP contribution < -0.4 is 10.9 Å². The van der Waals surface area contributed by atoms with Crippen molar-refractivity contribution in [3.05, 3.63) is 18.2 Å². The zero-order valence-corrected chi connectivity index (χ0v) is 11.6. The summed E-state index contributed by atoms with van der Waals surface area (Å²) in [6.45, 7) is 2.94. The largest absolute Gasteiger partial charge is 0.495 e. The molecule has 0 bridgehead atoms. The molecule has 1 aromatic carbocycles. The van der Waals surface area contributed by atoms with Crippen LogP contribution in [-0.2, 0) is 18.6 Å². The van der Waals surface area contributed by atoms with Crippen molar-refractivity contribution >= 4 is 37.8 Å². The van der Waals surface area contributed by atoms with Gasteiger partial charge in [-0.05, 0) is 29.8 Å². The molecule has 0 saturated carbocycles. The van der Waals surface area contributed by atoms with E-state index in [9.17, 15) is 0 Å². The average Bonchev–Trinajstić information content (AvgIpc) is 2.49. The van der Waals surface area contributed by atoms with Gasteiger partial charge in [0, 0.05) is 31.3 Å². The first kappa shape index (κ1) is 13.5. The standard InChI is InChI=1S/C12H16B2O4S/c19-12-9-10(13-15-5-1-6-16-13)3-4-11(12)14-17-7-2-8-18-14/h3-4,9,19H,1-2,5-8H2. The number of benzene rings is 1. The molecule has 4 nitrogen and oxygen atoms in total. The van der Waals surface area contributed by atoms with Gasteiger partial charge in [-0.15, -0.1) is 12.6 Å². The van der Waals surface area contributed by atoms with Crippen LogP contribution in [0, 0.1) is 0 Å². The van der Waals surface area contributed by atoms with Crippen molar-refractivity contribution in [1.82, 2.24) is 0 Å². The van der Waals surface area contributed by atoms with Crippen molar-refractivity contribution in [1.29, 1.82) is 0 Å². The molecule has 2 saturated heterocycles. The van der Waals surface area contributed by atoms with Crippen molar-refractivity contribution in [2.45, 2.75) is 17.7 Å². The topological polar surface area (TPSA) is 36.9 Å². The van der Waals surface area contributed by atoms with Gasteiger partial charge >= 0.3 is 14.2 Å². The predicted octanol–water partition coefficient (Wildman–Crippen LogP) is 0.239. The summed E-state index contributed by atoms with van der Waals surface area (Å²) in [5, 5.41) is 0. The maximum absolute atomic E-state index is 5.60. The van der Waals surface area contributed by atoms with Crippen LogP contribution in [0.4, 0.5) is 0 Å². The molecule has 0 radical (unpaired) electrons. The third-order valence-electron chi connectivity index (χ3n) is 3.23. The van der Waals surface area contributed by atoms with Gasteiger partial charge in [0.1, 0.15) is 0 Å². The second-order valence-electron chi connectivity index (χ2n) is 4.67. The Hall–Kier alpha value is -0.460. The minimum absolute atomic E-state index is 0.276. The van der Waals surface area contributed by atoms with Crippen LogP contribution in [0.25, 0.3) is 0 Å². The Labute approximate surface area is 119 Å². The smallest absolute Gasteiger partial charge is 0.407 e. The lowest BCUT2D eigenvalue weighted by molar-refractivity contribution is 0.142. The molecular formula is C12H16B2O4S. The van der Waals surface area contributed by atoms with E-state index in [1.54, 1.807) is 0 Å². The highest BCUT2D eigenvalue weighted by Crippen LogP contribution is 2.09. The van der Waals surface area contributed by atoms with E-state index in [0.717, 1.165) is 55.1 Å². The molecule has 0 aliphatic carbocycles. The first-order valence-electron chi connectivity index (χ1n) is 6.64. The van der Waals surface area contributed by atoms with E-state index in [2.05, 4.69) is 12.6 Å². The zero-order valence-electron chi connectivity index (χ0n) is 10.7. The molecule has 0 atom stereocenters. The molecule has 0 spiro atoms. The van der Waals surface area contributed by atoms with E-state index < -0.39 is 0 Å². The average molecular weight is 278 g/mol. The fourth-order valence-corrected chi connectivity index (χ4v) is 2.58. The highest BCUT2D eigenvalue weighted by molar-refractivity contribution is 7.80. The molecule has 19 heavy (non-hydrogen) atoms. The molecule has 2 aliphatic rings. The maximum atomic E-state index is 5.60. The van der Waals surface area contributed by atoms with Crippen LogP contribution in [-0.4, -0.2) is 40.7 Å². The number of thiol groups is 1. The van der Waals surface area contributed by atoms with Crippen LogP contribution in [0.1, 0.15) is 12.8 Å². The maximum Gasteiger partial charge on any atom is 0.495 e. The van der Waals surface area contributed by atoms with E-state index in [-0.39, 0.29) is 14.2 Å².